The number of Topliss-reactive ketones (excluding diaryl/α,β-unsaturated/α-hetero) is 1. The fourth-order valence-corrected chi connectivity index (χ4v) is 5.67. The lowest BCUT2D eigenvalue weighted by Crippen LogP contribution is -2.58. The van der Waals surface area contributed by atoms with Crippen LogP contribution < -0.4 is 16.0 Å². The van der Waals surface area contributed by atoms with Crippen molar-refractivity contribution in [3.63, 3.8) is 0 Å². The highest BCUT2D eigenvalue weighted by Gasteiger charge is 2.50. The Kier molecular flexibility index (Phi) is 12.7. The minimum Gasteiger partial charge on any atom is -0.382 e. The van der Waals surface area contributed by atoms with Gasteiger partial charge in [-0.1, -0.05) is 65.8 Å². The van der Waals surface area contributed by atoms with E-state index in [1.807, 2.05) is 60.7 Å². The van der Waals surface area contributed by atoms with Gasteiger partial charge in [0.2, 0.25) is 11.8 Å². The molecule has 2 fully saturated rings. The number of carbonyl (C=O) groups is 4. The van der Waals surface area contributed by atoms with Crippen molar-refractivity contribution in [2.45, 2.75) is 62.9 Å². The van der Waals surface area contributed by atoms with Crippen molar-refractivity contribution in [1.82, 2.24) is 26.0 Å². The Morgan fingerprint density at radius 3 is 2.02 bits per heavy atom. The molecule has 3 amide bonds. The lowest BCUT2D eigenvalue weighted by atomic mass is 9.95. The first-order chi connectivity index (χ1) is 23.7. The average Bonchev–Trinajstić information content (AvgIpc) is 3.71. The fourth-order valence-electron chi connectivity index (χ4n) is 5.67. The summed E-state index contributed by atoms with van der Waals surface area (Å²) in [7, 11) is 1.41. The number of aryl methyl sites for hydroxylation is 2. The number of rotatable bonds is 18. The van der Waals surface area contributed by atoms with E-state index in [0.29, 0.717) is 44.8 Å². The second-order valence-corrected chi connectivity index (χ2v) is 12.6. The van der Waals surface area contributed by atoms with Crippen molar-refractivity contribution in [2.24, 2.45) is 0 Å². The topological polar surface area (TPSA) is 165 Å². The number of morpholine rings is 1. The summed E-state index contributed by atoms with van der Waals surface area (Å²) in [4.78, 5) is 56.2. The molecular formula is C36H45N5O8. The van der Waals surface area contributed by atoms with Gasteiger partial charge in [0.1, 0.15) is 17.7 Å². The van der Waals surface area contributed by atoms with E-state index in [0.717, 1.165) is 24.2 Å². The van der Waals surface area contributed by atoms with Crippen LogP contribution in [0.4, 0.5) is 0 Å². The second-order valence-electron chi connectivity index (χ2n) is 12.6. The highest BCUT2D eigenvalue weighted by atomic mass is 16.6. The van der Waals surface area contributed by atoms with E-state index >= 15 is 0 Å². The molecule has 0 radical (unpaired) electrons. The van der Waals surface area contributed by atoms with Crippen molar-refractivity contribution in [3.8, 4) is 0 Å². The van der Waals surface area contributed by atoms with Crippen LogP contribution in [-0.2, 0) is 48.0 Å². The number of hydrogen-bond acceptors (Lipinski definition) is 10. The maximum absolute atomic E-state index is 13.8. The van der Waals surface area contributed by atoms with Gasteiger partial charge in [-0.3, -0.25) is 24.1 Å². The molecule has 5 rings (SSSR count). The van der Waals surface area contributed by atoms with Crippen LogP contribution in [0.25, 0.3) is 0 Å². The van der Waals surface area contributed by atoms with E-state index in [9.17, 15) is 19.2 Å². The quantitative estimate of drug-likeness (QED) is 0.170. The zero-order valence-corrected chi connectivity index (χ0v) is 28.0. The number of methoxy groups -OCH3 is 1. The van der Waals surface area contributed by atoms with Crippen LogP contribution in [0.15, 0.2) is 71.3 Å². The third-order valence-electron chi connectivity index (χ3n) is 8.72. The van der Waals surface area contributed by atoms with Crippen molar-refractivity contribution < 1.29 is 37.9 Å². The minimum atomic E-state index is -1.14. The van der Waals surface area contributed by atoms with Crippen molar-refractivity contribution in [1.29, 1.82) is 0 Å². The minimum absolute atomic E-state index is 0.0440. The largest absolute Gasteiger partial charge is 0.382 e. The van der Waals surface area contributed by atoms with Crippen LogP contribution in [0.3, 0.4) is 0 Å². The number of ketones is 1. The van der Waals surface area contributed by atoms with Crippen molar-refractivity contribution in [3.05, 3.63) is 89.3 Å². The van der Waals surface area contributed by atoms with E-state index in [-0.39, 0.29) is 31.1 Å². The third-order valence-corrected chi connectivity index (χ3v) is 8.72. The molecule has 2 aliphatic heterocycles. The molecule has 0 spiro atoms. The van der Waals surface area contributed by atoms with Crippen LogP contribution in [0.1, 0.15) is 47.1 Å². The highest BCUT2D eigenvalue weighted by molar-refractivity contribution is 5.99. The SMILES string of the molecule is COC[C@H](NC(=O)[C@H](CCc1ccccc1)NC(=O)c1cc(CN2CCOCC2)on1)C(=O)N[C@@H](CCc1ccccc1)C(=O)[C@@]1(C)CO1. The summed E-state index contributed by atoms with van der Waals surface area (Å²) in [5.41, 5.74) is 1.09. The summed E-state index contributed by atoms with van der Waals surface area (Å²) in [6.07, 6.45) is 1.63. The number of amides is 3. The molecule has 0 unspecified atom stereocenters. The summed E-state index contributed by atoms with van der Waals surface area (Å²) in [5.74, 6) is -1.45. The molecule has 2 saturated heterocycles. The van der Waals surface area contributed by atoms with Gasteiger partial charge in [-0.05, 0) is 43.7 Å². The Labute approximate surface area is 286 Å². The monoisotopic (exact) mass is 675 g/mol. The number of nitrogens with zero attached hydrogens (tertiary/aromatic N) is 2. The highest BCUT2D eigenvalue weighted by Crippen LogP contribution is 2.29. The number of aromatic nitrogens is 1. The summed E-state index contributed by atoms with van der Waals surface area (Å²) < 4.78 is 21.5. The first-order valence-electron chi connectivity index (χ1n) is 16.7. The molecule has 2 aromatic carbocycles. The zero-order valence-electron chi connectivity index (χ0n) is 28.0. The van der Waals surface area contributed by atoms with Crippen LogP contribution in [0.5, 0.6) is 0 Å². The van der Waals surface area contributed by atoms with Crippen LogP contribution >= 0.6 is 0 Å². The van der Waals surface area contributed by atoms with E-state index in [1.54, 1.807) is 13.0 Å². The average molecular weight is 676 g/mol. The van der Waals surface area contributed by atoms with Crippen molar-refractivity contribution in [2.75, 3.05) is 46.6 Å². The fraction of sp³-hybridized carbons (Fsp3) is 0.472. The number of carbonyl (C=O) groups excluding carboxylic acids is 4. The molecule has 13 heteroatoms. The second kappa shape index (κ2) is 17.3. The molecule has 49 heavy (non-hydrogen) atoms. The first-order valence-corrected chi connectivity index (χ1v) is 16.7. The first kappa shape index (κ1) is 35.9. The van der Waals surface area contributed by atoms with Gasteiger partial charge in [0.15, 0.2) is 17.2 Å². The number of nitrogens with one attached hydrogen (secondary N) is 3. The number of epoxide rings is 1. The van der Waals surface area contributed by atoms with Gasteiger partial charge in [-0.2, -0.15) is 0 Å². The van der Waals surface area contributed by atoms with Gasteiger partial charge in [-0.15, -0.1) is 0 Å². The molecule has 1 aromatic heterocycles. The lowest BCUT2D eigenvalue weighted by molar-refractivity contribution is -0.134. The maximum Gasteiger partial charge on any atom is 0.274 e. The Morgan fingerprint density at radius 2 is 1.43 bits per heavy atom. The van der Waals surface area contributed by atoms with Crippen LogP contribution in [0.2, 0.25) is 0 Å². The van der Waals surface area contributed by atoms with Crippen LogP contribution in [0, 0.1) is 0 Å². The normalized spacial score (nSPS) is 19.3. The van der Waals surface area contributed by atoms with Gasteiger partial charge in [0.05, 0.1) is 39.0 Å². The molecule has 262 valence electrons. The summed E-state index contributed by atoms with van der Waals surface area (Å²) >= 11 is 0. The Balaban J connectivity index is 1.26. The van der Waals surface area contributed by atoms with Gasteiger partial charge >= 0.3 is 0 Å². The van der Waals surface area contributed by atoms with Gasteiger partial charge in [0, 0.05) is 26.3 Å². The number of ether oxygens (including phenoxy) is 3. The van der Waals surface area contributed by atoms with Gasteiger partial charge in [0.25, 0.3) is 5.91 Å². The molecule has 3 N–H and O–H groups in total. The van der Waals surface area contributed by atoms with Gasteiger partial charge < -0.3 is 34.7 Å². The predicted octanol–water partition coefficient (Wildman–Crippen LogP) is 1.84. The lowest BCUT2D eigenvalue weighted by Gasteiger charge is -2.25. The van der Waals surface area contributed by atoms with E-state index in [1.165, 1.54) is 7.11 Å². The Morgan fingerprint density at radius 1 is 0.857 bits per heavy atom. The zero-order chi connectivity index (χ0) is 34.6. The molecule has 3 aromatic rings. The maximum atomic E-state index is 13.8. The molecule has 0 saturated carbocycles. The molecule has 3 heterocycles. The molecule has 0 aliphatic carbocycles. The van der Waals surface area contributed by atoms with E-state index in [4.69, 9.17) is 18.7 Å². The van der Waals surface area contributed by atoms with Crippen LogP contribution in [-0.4, -0.2) is 104 Å². The Hall–Kier alpha value is -4.43. The molecular weight excluding hydrogens is 630 g/mol. The smallest absolute Gasteiger partial charge is 0.274 e. The number of benzene rings is 2. The summed E-state index contributed by atoms with van der Waals surface area (Å²) in [6, 6.07) is 17.8. The molecule has 4 atom stereocenters. The number of hydrogen-bond donors (Lipinski definition) is 3. The Bertz CT molecular complexity index is 1540. The van der Waals surface area contributed by atoms with E-state index in [2.05, 4.69) is 26.0 Å². The molecule has 2 aliphatic rings. The van der Waals surface area contributed by atoms with Crippen molar-refractivity contribution >= 4 is 23.5 Å². The van der Waals surface area contributed by atoms with Gasteiger partial charge in [-0.25, -0.2) is 0 Å². The third kappa shape index (κ3) is 10.5. The van der Waals surface area contributed by atoms with E-state index < -0.39 is 41.4 Å². The molecule has 13 nitrogen and oxygen atoms in total. The summed E-state index contributed by atoms with van der Waals surface area (Å²) in [5, 5.41) is 12.3. The molecule has 0 bridgehead atoms. The summed E-state index contributed by atoms with van der Waals surface area (Å²) in [6.45, 7) is 5.05. The standard InChI is InChI=1S/C36H45N5O8/c1-36(24-48-36)32(42)28(15-13-25-9-5-3-6-10-25)37-35(45)31(23-46-2)39-33(43)29(16-14-26-11-7-4-8-12-26)38-34(44)30-21-27(49-40-30)22-41-17-19-47-20-18-41/h3-12,21,28-29,31H,13-20,22-24H2,1-2H3,(H,37,45)(H,38,44)(H,39,43)/t28-,29-,31-,36+/m0/s1. The predicted molar refractivity (Wildman–Crippen MR) is 178 cm³/mol.